The van der Waals surface area contributed by atoms with E-state index in [4.69, 9.17) is 0 Å². The van der Waals surface area contributed by atoms with E-state index in [0.717, 1.165) is 44.5 Å². The van der Waals surface area contributed by atoms with Gasteiger partial charge in [0.05, 0.1) is 5.92 Å². The molecule has 1 aromatic rings. The molecule has 1 N–H and O–H groups in total. The number of nitrogens with one attached hydrogen (secondary N) is 1. The quantitative estimate of drug-likeness (QED) is 0.650. The first kappa shape index (κ1) is 22.9. The van der Waals surface area contributed by atoms with Gasteiger partial charge in [-0.3, -0.25) is 14.4 Å². The second-order valence-electron chi connectivity index (χ2n) is 7.77. The average molecular weight is 402 g/mol. The van der Waals surface area contributed by atoms with Crippen LogP contribution in [-0.2, 0) is 14.4 Å². The third-order valence-corrected chi connectivity index (χ3v) is 5.31. The number of nitrogens with zero attached hydrogens (tertiary/aromatic N) is 2. The van der Waals surface area contributed by atoms with Crippen molar-refractivity contribution in [3.05, 3.63) is 30.3 Å². The van der Waals surface area contributed by atoms with Crippen molar-refractivity contribution in [3.63, 3.8) is 0 Å². The molecule has 1 aliphatic heterocycles. The highest BCUT2D eigenvalue weighted by Crippen LogP contribution is 2.20. The van der Waals surface area contributed by atoms with Crippen LogP contribution in [0.25, 0.3) is 0 Å². The number of hydrogen-bond acceptors (Lipinski definition) is 3. The standard InChI is InChI=1S/C23H35N3O3/c1-3-15-25(16-4-2)21(27)13-8-14-22(28)26-17-9-10-19(18-26)23(29)24-20-11-6-5-7-12-20/h5-7,11-12,19H,3-4,8-10,13-18H2,1-2H3,(H,24,29). The zero-order chi connectivity index (χ0) is 21.1. The summed E-state index contributed by atoms with van der Waals surface area (Å²) in [6, 6.07) is 9.40. The van der Waals surface area contributed by atoms with Gasteiger partial charge >= 0.3 is 0 Å². The highest BCUT2D eigenvalue weighted by molar-refractivity contribution is 5.93. The van der Waals surface area contributed by atoms with Gasteiger partial charge in [0.25, 0.3) is 0 Å². The predicted molar refractivity (Wildman–Crippen MR) is 115 cm³/mol. The van der Waals surface area contributed by atoms with Gasteiger partial charge in [0.2, 0.25) is 17.7 Å². The first-order valence-corrected chi connectivity index (χ1v) is 11.0. The van der Waals surface area contributed by atoms with Crippen LogP contribution in [0.3, 0.4) is 0 Å². The lowest BCUT2D eigenvalue weighted by Gasteiger charge is -2.32. The SMILES string of the molecule is CCCN(CCC)C(=O)CCCC(=O)N1CCCC(C(=O)Nc2ccccc2)C1. The van der Waals surface area contributed by atoms with Gasteiger partial charge in [0, 0.05) is 44.7 Å². The Hall–Kier alpha value is -2.37. The fraction of sp³-hybridized carbons (Fsp3) is 0.609. The minimum atomic E-state index is -0.181. The summed E-state index contributed by atoms with van der Waals surface area (Å²) in [4.78, 5) is 41.2. The Labute approximate surface area is 174 Å². The Balaban J connectivity index is 1.77. The van der Waals surface area contributed by atoms with Crippen LogP contribution in [0, 0.1) is 5.92 Å². The molecule has 6 nitrogen and oxygen atoms in total. The number of hydrogen-bond donors (Lipinski definition) is 1. The molecular weight excluding hydrogens is 366 g/mol. The topological polar surface area (TPSA) is 69.7 Å². The van der Waals surface area contributed by atoms with Gasteiger partial charge in [-0.2, -0.15) is 0 Å². The van der Waals surface area contributed by atoms with Crippen LogP contribution < -0.4 is 5.32 Å². The molecule has 0 spiro atoms. The van der Waals surface area contributed by atoms with Gasteiger partial charge in [0.15, 0.2) is 0 Å². The van der Waals surface area contributed by atoms with Gasteiger partial charge in [-0.05, 0) is 44.2 Å². The second-order valence-corrected chi connectivity index (χ2v) is 7.77. The van der Waals surface area contributed by atoms with Crippen LogP contribution in [0.15, 0.2) is 30.3 Å². The number of anilines is 1. The van der Waals surface area contributed by atoms with Gasteiger partial charge in [0.1, 0.15) is 0 Å². The molecule has 3 amide bonds. The van der Waals surface area contributed by atoms with Gasteiger partial charge < -0.3 is 15.1 Å². The van der Waals surface area contributed by atoms with E-state index in [1.165, 1.54) is 0 Å². The fourth-order valence-corrected chi connectivity index (χ4v) is 3.79. The molecule has 6 heteroatoms. The number of para-hydroxylation sites is 1. The number of likely N-dealkylation sites (tertiary alicyclic amines) is 1. The number of carbonyl (C=O) groups excluding carboxylic acids is 3. The third-order valence-electron chi connectivity index (χ3n) is 5.31. The van der Waals surface area contributed by atoms with E-state index in [1.807, 2.05) is 35.2 Å². The van der Waals surface area contributed by atoms with Crippen LogP contribution in [0.5, 0.6) is 0 Å². The monoisotopic (exact) mass is 401 g/mol. The number of benzene rings is 1. The van der Waals surface area contributed by atoms with Crippen molar-refractivity contribution < 1.29 is 14.4 Å². The Morgan fingerprint density at radius 1 is 1.07 bits per heavy atom. The molecule has 2 rings (SSSR count). The normalized spacial score (nSPS) is 16.3. The molecule has 1 atom stereocenters. The van der Waals surface area contributed by atoms with Gasteiger partial charge in [-0.1, -0.05) is 32.0 Å². The average Bonchev–Trinajstić information content (AvgIpc) is 2.74. The molecule has 0 aliphatic carbocycles. The van der Waals surface area contributed by atoms with Crippen LogP contribution in [-0.4, -0.2) is 53.7 Å². The summed E-state index contributed by atoms with van der Waals surface area (Å²) < 4.78 is 0. The maximum atomic E-state index is 12.6. The van der Waals surface area contributed by atoms with E-state index < -0.39 is 0 Å². The van der Waals surface area contributed by atoms with Crippen molar-refractivity contribution >= 4 is 23.4 Å². The summed E-state index contributed by atoms with van der Waals surface area (Å²) in [6.07, 6.45) is 4.87. The van der Waals surface area contributed by atoms with Crippen molar-refractivity contribution in [3.8, 4) is 0 Å². The fourth-order valence-electron chi connectivity index (χ4n) is 3.79. The van der Waals surface area contributed by atoms with Gasteiger partial charge in [-0.25, -0.2) is 0 Å². The minimum absolute atomic E-state index is 0.0290. The van der Waals surface area contributed by atoms with Crippen LogP contribution in [0.1, 0.15) is 58.8 Å². The van der Waals surface area contributed by atoms with E-state index in [1.54, 1.807) is 4.90 Å². The lowest BCUT2D eigenvalue weighted by molar-refractivity contribution is -0.135. The Morgan fingerprint density at radius 2 is 1.76 bits per heavy atom. The first-order valence-electron chi connectivity index (χ1n) is 11.0. The molecular formula is C23H35N3O3. The van der Waals surface area contributed by atoms with E-state index in [9.17, 15) is 14.4 Å². The molecule has 1 heterocycles. The molecule has 1 aromatic carbocycles. The van der Waals surface area contributed by atoms with E-state index in [-0.39, 0.29) is 23.6 Å². The largest absolute Gasteiger partial charge is 0.343 e. The summed E-state index contributed by atoms with van der Waals surface area (Å²) in [6.45, 7) is 6.86. The lowest BCUT2D eigenvalue weighted by Crippen LogP contribution is -2.43. The highest BCUT2D eigenvalue weighted by Gasteiger charge is 2.28. The Bertz CT molecular complexity index is 657. The summed E-state index contributed by atoms with van der Waals surface area (Å²) in [5.41, 5.74) is 0.781. The zero-order valence-corrected chi connectivity index (χ0v) is 17.9. The van der Waals surface area contributed by atoms with Crippen molar-refractivity contribution in [1.29, 1.82) is 0 Å². The molecule has 0 radical (unpaired) electrons. The van der Waals surface area contributed by atoms with Crippen molar-refractivity contribution in [2.24, 2.45) is 5.92 Å². The van der Waals surface area contributed by atoms with Crippen LogP contribution in [0.2, 0.25) is 0 Å². The maximum absolute atomic E-state index is 12.6. The van der Waals surface area contributed by atoms with Crippen molar-refractivity contribution in [1.82, 2.24) is 9.80 Å². The summed E-state index contributed by atoms with van der Waals surface area (Å²) >= 11 is 0. The first-order chi connectivity index (χ1) is 14.0. The molecule has 1 saturated heterocycles. The second kappa shape index (κ2) is 12.2. The summed E-state index contributed by atoms with van der Waals surface area (Å²) in [5.74, 6) is -0.0226. The molecule has 0 saturated carbocycles. The summed E-state index contributed by atoms with van der Waals surface area (Å²) in [7, 11) is 0. The Morgan fingerprint density at radius 3 is 2.41 bits per heavy atom. The molecule has 160 valence electrons. The molecule has 0 bridgehead atoms. The van der Waals surface area contributed by atoms with Gasteiger partial charge in [-0.15, -0.1) is 0 Å². The van der Waals surface area contributed by atoms with Crippen LogP contribution >= 0.6 is 0 Å². The number of carbonyl (C=O) groups is 3. The Kier molecular flexibility index (Phi) is 9.68. The highest BCUT2D eigenvalue weighted by atomic mass is 16.2. The molecule has 1 fully saturated rings. The van der Waals surface area contributed by atoms with E-state index >= 15 is 0 Å². The zero-order valence-electron chi connectivity index (χ0n) is 17.9. The number of piperidine rings is 1. The third kappa shape index (κ3) is 7.52. The summed E-state index contributed by atoms with van der Waals surface area (Å²) in [5, 5.41) is 2.94. The number of rotatable bonds is 10. The van der Waals surface area contributed by atoms with Crippen LogP contribution in [0.4, 0.5) is 5.69 Å². The van der Waals surface area contributed by atoms with E-state index in [2.05, 4.69) is 19.2 Å². The molecule has 1 unspecified atom stereocenters. The minimum Gasteiger partial charge on any atom is -0.343 e. The predicted octanol–water partition coefficient (Wildman–Crippen LogP) is 3.68. The van der Waals surface area contributed by atoms with Crippen molar-refractivity contribution in [2.45, 2.75) is 58.8 Å². The van der Waals surface area contributed by atoms with Crippen molar-refractivity contribution in [2.75, 3.05) is 31.5 Å². The number of amides is 3. The molecule has 29 heavy (non-hydrogen) atoms. The molecule has 1 aliphatic rings. The maximum Gasteiger partial charge on any atom is 0.229 e. The van der Waals surface area contributed by atoms with E-state index in [0.29, 0.717) is 32.4 Å². The smallest absolute Gasteiger partial charge is 0.229 e. The lowest BCUT2D eigenvalue weighted by atomic mass is 9.96. The molecule has 0 aromatic heterocycles.